The first-order valence-corrected chi connectivity index (χ1v) is 37.2. The SMILES string of the molecule is CC(=O)N[C@@H]1[C@@H](O)[C@H](O[C@@H]2O[C@H](CO)[C@@H](O[C@@H]3O[C@H](CO[C@@H]4O[C@H](CO[C@H]5O[C@H](CO)[C@@H](O)[C@H](O)[C@@H]5O[C@@H]5O[C@H](CO)[C@@H](O)[C@H](O)[C@@H]5O)[C@@H](O)[C@H](O[C@@H]5O[C@H](CO)[C@@H](O)[C@H](O)[C@@H]5O[C@H]5O[C@H](CO)[C@@H](O)[C@H](O)[C@@H]5O)[C@@H]4O)[C@@H](O)[C@H](O[C@@H]4O[C@H](CO)[C@@H](O)[C@H](O)[C@@H]4O[C@H]4O[C@H](CO)[C@@H](O)[C@H](O)[C@@H]4O)[C@@H]3O)[C@H](O)[C@H]2NC(C)=O)[C@@H](CO)O[C@H]1O. The number of carbonyl (C=O) groups is 2. The molecule has 53 heteroatoms. The number of aliphatic hydroxyl groups is 30. The van der Waals surface area contributed by atoms with Crippen molar-refractivity contribution in [1.82, 2.24) is 10.6 Å². The van der Waals surface area contributed by atoms with E-state index >= 15 is 0 Å². The van der Waals surface area contributed by atoms with Crippen LogP contribution in [0.1, 0.15) is 13.8 Å². The second-order valence-electron chi connectivity index (χ2n) is 29.5. The number of ether oxygens (including phenoxy) is 19. The van der Waals surface area contributed by atoms with Crippen molar-refractivity contribution in [1.29, 1.82) is 0 Å². The predicted molar refractivity (Wildman–Crippen MR) is 353 cm³/mol. The van der Waals surface area contributed by atoms with Crippen molar-refractivity contribution in [2.75, 3.05) is 66.1 Å². The Hall–Kier alpha value is -3.02. The maximum atomic E-state index is 13.0. The molecule has 10 aliphatic rings. The van der Waals surface area contributed by atoms with Crippen molar-refractivity contribution >= 4 is 11.8 Å². The first-order valence-electron chi connectivity index (χ1n) is 37.2. The molecule has 0 aromatic rings. The van der Waals surface area contributed by atoms with Crippen molar-refractivity contribution in [2.45, 2.75) is 321 Å². The predicted octanol–water partition coefficient (Wildman–Crippen LogP) is -22.5. The molecule has 2 amide bonds. The fourth-order valence-corrected chi connectivity index (χ4v) is 15.0. The number of hydrogen-bond acceptors (Lipinski definition) is 51. The highest BCUT2D eigenvalue weighted by atomic mass is 16.8. The van der Waals surface area contributed by atoms with Gasteiger partial charge in [0.25, 0.3) is 0 Å². The zero-order valence-corrected chi connectivity index (χ0v) is 61.9. The molecule has 10 aliphatic heterocycles. The molecule has 50 atom stereocenters. The van der Waals surface area contributed by atoms with E-state index in [2.05, 4.69) is 10.6 Å². The molecule has 0 bridgehead atoms. The van der Waals surface area contributed by atoms with Crippen LogP contribution >= 0.6 is 0 Å². The summed E-state index contributed by atoms with van der Waals surface area (Å²) in [7, 11) is 0. The molecule has 10 rings (SSSR count). The summed E-state index contributed by atoms with van der Waals surface area (Å²) < 4.78 is 111. The van der Waals surface area contributed by atoms with E-state index in [1.807, 2.05) is 0 Å². The largest absolute Gasteiger partial charge is 0.394 e. The second kappa shape index (κ2) is 41.9. The average Bonchev–Trinajstić information content (AvgIpc) is 0.769. The van der Waals surface area contributed by atoms with Crippen LogP contribution in [0.2, 0.25) is 0 Å². The van der Waals surface area contributed by atoms with Gasteiger partial charge < -0.3 is 254 Å². The molecule has 0 aliphatic carbocycles. The van der Waals surface area contributed by atoms with Gasteiger partial charge in [0, 0.05) is 13.8 Å². The topological polar surface area (TPSA) is 840 Å². The number of carbonyl (C=O) groups excluding carboxylic acids is 2. The molecular weight excluding hydrogens is 1610 g/mol. The van der Waals surface area contributed by atoms with Gasteiger partial charge in [-0.15, -0.1) is 0 Å². The first-order chi connectivity index (χ1) is 55.4. The van der Waals surface area contributed by atoms with Gasteiger partial charge in [-0.25, -0.2) is 0 Å². The molecule has 680 valence electrons. The molecule has 0 aromatic heterocycles. The summed E-state index contributed by atoms with van der Waals surface area (Å²) in [5.41, 5.74) is 0. The fraction of sp³-hybridized carbons (Fsp3) is 0.969. The maximum absolute atomic E-state index is 13.0. The standard InChI is InChI=1S/C64H108N2O51/c1-13(75)65-25-35(85)48(21(9-73)101-55(25)98)111-56-26(66-14(2)76)36(86)49(22(10-74)108-56)112-61-47(97)51(114-64-54(42(92)32(82)20(8-72)107-64)117-60-45(95)39(89)29(79)17(5-69)104-60)34(84)24(110-61)11-99-57-46(96)50(113-63-53(41(91)31(81)19(7-71)106-63)116-59-44(94)38(88)28(78)16(4-68)103-59)33(83)23(109-57)12-100-62-52(40(90)30(80)18(6-70)105-62)115-58-43(93)37(87)27(77)15(3-67)102-58/h15-64,67-74,77-98H,3-12H2,1-2H3,(H,65,75)(H,66,76)/t15-,16-,17-,18-,19-,20-,21-,22-,23-,24-,25-,26-,27-,28-,29-,30-,31-,32-,33-,34-,35-,36-,37+,38+,39+,40+,41+,42+,43+,44+,45+,46+,47+,48-,49-,50+,51+,52+,53+,54+,55-,56+,57-,58+,59-,60-,61+,62+,63+,64+/m1/s1. The fourth-order valence-electron chi connectivity index (χ4n) is 15.0. The minimum absolute atomic E-state index is 0.802. The van der Waals surface area contributed by atoms with Crippen LogP contribution in [0.25, 0.3) is 0 Å². The van der Waals surface area contributed by atoms with Crippen LogP contribution in [-0.4, -0.2) is 538 Å². The monoisotopic (exact) mass is 1720 g/mol. The molecule has 10 saturated heterocycles. The number of nitrogens with one attached hydrogen (secondary N) is 2. The van der Waals surface area contributed by atoms with E-state index < -0.39 is 385 Å². The Bertz CT molecular complexity index is 3050. The number of hydrogen-bond donors (Lipinski definition) is 32. The molecule has 117 heavy (non-hydrogen) atoms. The molecule has 10 heterocycles. The summed E-state index contributed by atoms with van der Waals surface area (Å²) >= 11 is 0. The number of aliphatic hydroxyl groups excluding tert-OH is 30. The van der Waals surface area contributed by atoms with Gasteiger partial charge in [0.05, 0.1) is 66.1 Å². The Morgan fingerprint density at radius 2 is 0.470 bits per heavy atom. The quantitative estimate of drug-likeness (QED) is 0.0318. The molecule has 0 saturated carbocycles. The minimum Gasteiger partial charge on any atom is -0.394 e. The van der Waals surface area contributed by atoms with Gasteiger partial charge in [-0.3, -0.25) is 9.59 Å². The van der Waals surface area contributed by atoms with Gasteiger partial charge >= 0.3 is 0 Å². The van der Waals surface area contributed by atoms with E-state index in [1.165, 1.54) is 0 Å². The van der Waals surface area contributed by atoms with Crippen molar-refractivity contribution in [3.05, 3.63) is 0 Å². The van der Waals surface area contributed by atoms with Crippen LogP contribution < -0.4 is 10.6 Å². The highest BCUT2D eigenvalue weighted by molar-refractivity contribution is 5.73. The number of amides is 2. The van der Waals surface area contributed by atoms with Gasteiger partial charge in [0.1, 0.15) is 244 Å². The van der Waals surface area contributed by atoms with Gasteiger partial charge in [-0.05, 0) is 0 Å². The van der Waals surface area contributed by atoms with Crippen LogP contribution in [0.15, 0.2) is 0 Å². The van der Waals surface area contributed by atoms with E-state index in [0.717, 1.165) is 13.8 Å². The highest BCUT2D eigenvalue weighted by Gasteiger charge is 2.61. The lowest BCUT2D eigenvalue weighted by Gasteiger charge is -2.51. The Balaban J connectivity index is 1.01. The van der Waals surface area contributed by atoms with Crippen LogP contribution in [0.4, 0.5) is 0 Å². The number of rotatable bonds is 30. The van der Waals surface area contributed by atoms with Crippen molar-refractivity contribution in [3.8, 4) is 0 Å². The average molecular weight is 1720 g/mol. The summed E-state index contributed by atoms with van der Waals surface area (Å²) in [6.07, 6.45) is -104. The van der Waals surface area contributed by atoms with Gasteiger partial charge in [0.2, 0.25) is 11.8 Å². The van der Waals surface area contributed by atoms with Crippen LogP contribution in [0, 0.1) is 0 Å². The second-order valence-corrected chi connectivity index (χ2v) is 29.5. The lowest BCUT2D eigenvalue weighted by atomic mass is 9.94. The Morgan fingerprint density at radius 3 is 0.838 bits per heavy atom. The Kier molecular flexibility index (Phi) is 34.4. The lowest BCUT2D eigenvalue weighted by molar-refractivity contribution is -0.401. The molecule has 0 unspecified atom stereocenters. The summed E-state index contributed by atoms with van der Waals surface area (Å²) in [6.45, 7) is -9.35. The molecular formula is C64H108N2O51. The Labute approximate surface area is 660 Å². The third kappa shape index (κ3) is 20.7. The molecule has 0 spiro atoms. The van der Waals surface area contributed by atoms with Crippen molar-refractivity contribution in [2.24, 2.45) is 0 Å². The van der Waals surface area contributed by atoms with Crippen molar-refractivity contribution in [3.63, 3.8) is 0 Å². The molecule has 10 fully saturated rings. The first kappa shape index (κ1) is 96.2. The minimum atomic E-state index is -2.60. The van der Waals surface area contributed by atoms with E-state index in [0.29, 0.717) is 0 Å². The highest BCUT2D eigenvalue weighted by Crippen LogP contribution is 2.40. The zero-order chi connectivity index (χ0) is 85.9. The molecule has 32 N–H and O–H groups in total. The summed E-state index contributed by atoms with van der Waals surface area (Å²) in [5.74, 6) is -1.77. The van der Waals surface area contributed by atoms with Crippen LogP contribution in [0.5, 0.6) is 0 Å². The van der Waals surface area contributed by atoms with Crippen LogP contribution in [-0.2, 0) is 99.6 Å². The summed E-state index contributed by atoms with van der Waals surface area (Å²) in [6, 6.07) is -3.62. The Morgan fingerprint density at radius 1 is 0.222 bits per heavy atom. The normalized spacial score (nSPS) is 51.5. The van der Waals surface area contributed by atoms with E-state index in [4.69, 9.17) is 90.0 Å². The molecule has 0 aromatic carbocycles. The molecule has 0 radical (unpaired) electrons. The lowest BCUT2D eigenvalue weighted by Crippen LogP contribution is -2.70. The van der Waals surface area contributed by atoms with E-state index in [1.54, 1.807) is 0 Å². The van der Waals surface area contributed by atoms with E-state index in [9.17, 15) is 163 Å². The van der Waals surface area contributed by atoms with Gasteiger partial charge in [-0.1, -0.05) is 0 Å². The molecule has 53 nitrogen and oxygen atoms in total. The van der Waals surface area contributed by atoms with Gasteiger partial charge in [-0.2, -0.15) is 0 Å². The van der Waals surface area contributed by atoms with Crippen LogP contribution in [0.3, 0.4) is 0 Å². The third-order valence-electron chi connectivity index (χ3n) is 21.7. The third-order valence-corrected chi connectivity index (χ3v) is 21.7. The summed E-state index contributed by atoms with van der Waals surface area (Å²) in [4.78, 5) is 25.2. The van der Waals surface area contributed by atoms with E-state index in [-0.39, 0.29) is 0 Å². The smallest absolute Gasteiger partial charge is 0.217 e. The summed E-state index contributed by atoms with van der Waals surface area (Å²) in [5, 5.41) is 337. The maximum Gasteiger partial charge on any atom is 0.217 e. The van der Waals surface area contributed by atoms with Crippen molar-refractivity contribution < 1.29 is 253 Å². The van der Waals surface area contributed by atoms with Gasteiger partial charge in [0.15, 0.2) is 62.9 Å². The zero-order valence-electron chi connectivity index (χ0n) is 61.9.